The van der Waals surface area contributed by atoms with Crippen LogP contribution in [0.1, 0.15) is 27.8 Å². The van der Waals surface area contributed by atoms with E-state index in [0.29, 0.717) is 17.6 Å². The van der Waals surface area contributed by atoms with Gasteiger partial charge in [-0.2, -0.15) is 13.2 Å². The molecule has 0 fully saturated rings. The molecule has 2 atom stereocenters. The maximum atomic E-state index is 12.8. The normalized spacial score (nSPS) is 14.0. The standard InChI is InChI=1S/C23H29F3N2O2Si/c1-14-9-18(29)10-15(2)19(14)12-21(31)20(27-3)13-28-22(30)8-7-16-5-4-6-17(11-16)23(24,25)26/h4-11,20-21,27,29H,12-13H2,1-3,31H3,(H,28,30)/b8-7+/t20-,21?/m1/s1. The van der Waals surface area contributed by atoms with Gasteiger partial charge in [-0.1, -0.05) is 12.1 Å². The van der Waals surface area contributed by atoms with Crippen LogP contribution in [0.2, 0.25) is 5.54 Å². The molecule has 0 heterocycles. The first-order chi connectivity index (χ1) is 14.5. The van der Waals surface area contributed by atoms with Gasteiger partial charge in [-0.05, 0) is 85.5 Å². The first-order valence-electron chi connectivity index (χ1n) is 10.1. The van der Waals surface area contributed by atoms with E-state index >= 15 is 0 Å². The van der Waals surface area contributed by atoms with Crippen molar-refractivity contribution in [3.05, 3.63) is 70.3 Å². The quantitative estimate of drug-likeness (QED) is 0.428. The summed E-state index contributed by atoms with van der Waals surface area (Å²) in [5.74, 6) is -0.0999. The first-order valence-corrected chi connectivity index (χ1v) is 11.3. The summed E-state index contributed by atoms with van der Waals surface area (Å²) in [6, 6.07) is 8.41. The molecule has 0 bridgehead atoms. The highest BCUT2D eigenvalue weighted by Crippen LogP contribution is 2.29. The highest BCUT2D eigenvalue weighted by Gasteiger charge is 2.30. The molecule has 0 saturated carbocycles. The molecule has 31 heavy (non-hydrogen) atoms. The smallest absolute Gasteiger partial charge is 0.416 e. The van der Waals surface area contributed by atoms with E-state index in [4.69, 9.17) is 0 Å². The lowest BCUT2D eigenvalue weighted by Gasteiger charge is -2.25. The van der Waals surface area contributed by atoms with Gasteiger partial charge < -0.3 is 15.7 Å². The van der Waals surface area contributed by atoms with Crippen molar-refractivity contribution in [2.45, 2.75) is 38.0 Å². The van der Waals surface area contributed by atoms with Gasteiger partial charge in [0.15, 0.2) is 0 Å². The second kappa shape index (κ2) is 10.6. The van der Waals surface area contributed by atoms with Gasteiger partial charge in [0.25, 0.3) is 0 Å². The number of aryl methyl sites for hydroxylation is 2. The van der Waals surface area contributed by atoms with E-state index in [-0.39, 0.29) is 17.7 Å². The van der Waals surface area contributed by atoms with Crippen LogP contribution in [0.15, 0.2) is 42.5 Å². The largest absolute Gasteiger partial charge is 0.508 e. The number of aromatic hydroxyl groups is 1. The number of amides is 1. The molecule has 1 unspecified atom stereocenters. The zero-order valence-electron chi connectivity index (χ0n) is 18.2. The summed E-state index contributed by atoms with van der Waals surface area (Å²) in [4.78, 5) is 12.2. The number of phenolic OH excluding ortho intramolecular Hbond substituents is 1. The topological polar surface area (TPSA) is 61.4 Å². The fourth-order valence-corrected chi connectivity index (χ4v) is 4.58. The van der Waals surface area contributed by atoms with Crippen LogP contribution in [0.25, 0.3) is 6.08 Å². The second-order valence-corrected chi connectivity index (χ2v) is 9.32. The monoisotopic (exact) mass is 450 g/mol. The molecular weight excluding hydrogens is 421 g/mol. The molecule has 4 nitrogen and oxygen atoms in total. The SMILES string of the molecule is CN[C@H](CNC(=O)/C=C/c1cccc(C(F)(F)F)c1)C([SiH3])Cc1c(C)cc(O)cc1C. The number of carbonyl (C=O) groups is 1. The van der Waals surface area contributed by atoms with E-state index < -0.39 is 11.7 Å². The summed E-state index contributed by atoms with van der Waals surface area (Å²) in [6.45, 7) is 4.36. The Morgan fingerprint density at radius 3 is 2.42 bits per heavy atom. The summed E-state index contributed by atoms with van der Waals surface area (Å²) in [7, 11) is 2.74. The molecule has 0 saturated heterocycles. The average Bonchev–Trinajstić information content (AvgIpc) is 2.69. The fourth-order valence-electron chi connectivity index (χ4n) is 3.60. The Morgan fingerprint density at radius 2 is 1.84 bits per heavy atom. The molecule has 0 radical (unpaired) electrons. The van der Waals surface area contributed by atoms with Crippen LogP contribution in [-0.2, 0) is 17.4 Å². The molecule has 168 valence electrons. The van der Waals surface area contributed by atoms with Gasteiger partial charge in [0.05, 0.1) is 5.56 Å². The van der Waals surface area contributed by atoms with Crippen molar-refractivity contribution in [2.24, 2.45) is 0 Å². The van der Waals surface area contributed by atoms with E-state index in [2.05, 4.69) is 10.6 Å². The van der Waals surface area contributed by atoms with Crippen molar-refractivity contribution in [3.8, 4) is 5.75 Å². The molecule has 0 aliphatic heterocycles. The van der Waals surface area contributed by atoms with Gasteiger partial charge >= 0.3 is 6.18 Å². The molecule has 3 N–H and O–H groups in total. The van der Waals surface area contributed by atoms with Crippen LogP contribution < -0.4 is 10.6 Å². The molecule has 0 aliphatic rings. The van der Waals surface area contributed by atoms with E-state index in [9.17, 15) is 23.1 Å². The van der Waals surface area contributed by atoms with Crippen LogP contribution in [0.5, 0.6) is 5.75 Å². The van der Waals surface area contributed by atoms with Crippen LogP contribution >= 0.6 is 0 Å². The Morgan fingerprint density at radius 1 is 1.19 bits per heavy atom. The molecular formula is C23H29F3N2O2Si. The third kappa shape index (κ3) is 7.25. The van der Waals surface area contributed by atoms with Crippen LogP contribution in [0, 0.1) is 13.8 Å². The zero-order valence-corrected chi connectivity index (χ0v) is 20.2. The number of nitrogens with one attached hydrogen (secondary N) is 2. The summed E-state index contributed by atoms with van der Waals surface area (Å²) in [6.07, 6.45) is -0.954. The van der Waals surface area contributed by atoms with E-state index in [0.717, 1.165) is 39.9 Å². The summed E-state index contributed by atoms with van der Waals surface area (Å²) in [5, 5.41) is 15.8. The molecule has 0 spiro atoms. The minimum atomic E-state index is -4.42. The van der Waals surface area contributed by atoms with Gasteiger partial charge in [-0.15, -0.1) is 0 Å². The Balaban J connectivity index is 1.96. The number of likely N-dealkylation sites (N-methyl/N-ethyl adjacent to an activating group) is 1. The Labute approximate surface area is 184 Å². The number of rotatable bonds is 8. The second-order valence-electron chi connectivity index (χ2n) is 7.84. The predicted octanol–water partition coefficient (Wildman–Crippen LogP) is 3.14. The molecule has 0 aliphatic carbocycles. The first kappa shape index (κ1) is 24.7. The Kier molecular flexibility index (Phi) is 8.47. The van der Waals surface area contributed by atoms with Gasteiger partial charge in [-0.25, -0.2) is 0 Å². The van der Waals surface area contributed by atoms with Crippen LogP contribution in [0.4, 0.5) is 13.2 Å². The maximum absolute atomic E-state index is 12.8. The molecule has 8 heteroatoms. The third-order valence-corrected chi connectivity index (χ3v) is 6.61. The molecule has 2 rings (SSSR count). The highest BCUT2D eigenvalue weighted by molar-refractivity contribution is 6.12. The van der Waals surface area contributed by atoms with Crippen LogP contribution in [-0.4, -0.2) is 40.9 Å². The summed E-state index contributed by atoms with van der Waals surface area (Å²) < 4.78 is 38.4. The number of hydrogen-bond acceptors (Lipinski definition) is 3. The predicted molar refractivity (Wildman–Crippen MR) is 121 cm³/mol. The number of carbonyl (C=O) groups excluding carboxylic acids is 1. The lowest BCUT2D eigenvalue weighted by molar-refractivity contribution is -0.137. The molecule has 2 aromatic rings. The maximum Gasteiger partial charge on any atom is 0.416 e. The molecule has 2 aromatic carbocycles. The fraction of sp³-hybridized carbons (Fsp3) is 0.348. The Hall–Kier alpha value is -2.58. The third-order valence-electron chi connectivity index (χ3n) is 5.40. The van der Waals surface area contributed by atoms with Crippen molar-refractivity contribution >= 4 is 22.2 Å². The lowest BCUT2D eigenvalue weighted by Crippen LogP contribution is -2.42. The van der Waals surface area contributed by atoms with Gasteiger partial charge in [0.1, 0.15) is 5.75 Å². The van der Waals surface area contributed by atoms with E-state index in [1.54, 1.807) is 12.1 Å². The number of halogens is 3. The lowest BCUT2D eigenvalue weighted by atomic mass is 9.95. The molecule has 0 aromatic heterocycles. The van der Waals surface area contributed by atoms with E-state index in [1.807, 2.05) is 20.9 Å². The van der Waals surface area contributed by atoms with Crippen molar-refractivity contribution < 1.29 is 23.1 Å². The van der Waals surface area contributed by atoms with Crippen molar-refractivity contribution in [1.82, 2.24) is 10.6 Å². The minimum Gasteiger partial charge on any atom is -0.508 e. The minimum absolute atomic E-state index is 0.0603. The number of phenols is 1. The average molecular weight is 451 g/mol. The molecule has 1 amide bonds. The van der Waals surface area contributed by atoms with E-state index in [1.165, 1.54) is 29.8 Å². The number of alkyl halides is 3. The van der Waals surface area contributed by atoms with Crippen molar-refractivity contribution in [1.29, 1.82) is 0 Å². The van der Waals surface area contributed by atoms with Gasteiger partial charge in [0.2, 0.25) is 5.91 Å². The summed E-state index contributed by atoms with van der Waals surface area (Å²) in [5.41, 5.74) is 3.19. The zero-order chi connectivity index (χ0) is 23.2. The Bertz CT molecular complexity index is 922. The van der Waals surface area contributed by atoms with Crippen molar-refractivity contribution in [3.63, 3.8) is 0 Å². The van der Waals surface area contributed by atoms with Gasteiger partial charge in [0, 0.05) is 28.9 Å². The van der Waals surface area contributed by atoms with Crippen molar-refractivity contribution in [2.75, 3.05) is 13.6 Å². The van der Waals surface area contributed by atoms with Crippen LogP contribution in [0.3, 0.4) is 0 Å². The number of benzene rings is 2. The summed E-state index contributed by atoms with van der Waals surface area (Å²) >= 11 is 0. The van der Waals surface area contributed by atoms with Gasteiger partial charge in [-0.3, -0.25) is 4.79 Å². The highest BCUT2D eigenvalue weighted by atomic mass is 28.1. The number of hydrogen-bond donors (Lipinski definition) is 3.